The number of aliphatic hydroxyl groups excluding tert-OH is 1. The lowest BCUT2D eigenvalue weighted by molar-refractivity contribution is -0.140. The quantitative estimate of drug-likeness (QED) is 0.634. The third-order valence-electron chi connectivity index (χ3n) is 4.16. The Morgan fingerprint density at radius 3 is 2.35 bits per heavy atom. The molecule has 0 aromatic carbocycles. The first-order chi connectivity index (χ1) is 9.42. The summed E-state index contributed by atoms with van der Waals surface area (Å²) in [5.41, 5.74) is -0.371. The summed E-state index contributed by atoms with van der Waals surface area (Å²) in [5, 5.41) is 21.1. The molecular formula is C14H25NO4S. The summed E-state index contributed by atoms with van der Waals surface area (Å²) in [4.78, 5) is 23.1. The molecule has 1 rings (SSSR count). The van der Waals surface area contributed by atoms with E-state index in [2.05, 4.69) is 5.32 Å². The van der Waals surface area contributed by atoms with Gasteiger partial charge in [-0.25, -0.2) is 0 Å². The molecule has 5 nitrogen and oxygen atoms in total. The minimum atomic E-state index is -0.829. The van der Waals surface area contributed by atoms with Crippen molar-refractivity contribution in [2.24, 2.45) is 5.41 Å². The highest BCUT2D eigenvalue weighted by Crippen LogP contribution is 2.44. The fraction of sp³-hybridized carbons (Fsp3) is 0.857. The average molecular weight is 303 g/mol. The molecule has 0 aromatic heterocycles. The highest BCUT2D eigenvalue weighted by Gasteiger charge is 2.38. The van der Waals surface area contributed by atoms with E-state index in [0.717, 1.165) is 25.7 Å². The van der Waals surface area contributed by atoms with Crippen LogP contribution in [0, 0.1) is 5.41 Å². The number of carbonyl (C=O) groups excluding carboxylic acids is 1. The fourth-order valence-electron chi connectivity index (χ4n) is 3.04. The van der Waals surface area contributed by atoms with Crippen LogP contribution in [-0.2, 0) is 9.59 Å². The van der Waals surface area contributed by atoms with Crippen molar-refractivity contribution in [1.82, 2.24) is 5.32 Å². The van der Waals surface area contributed by atoms with Crippen LogP contribution in [0.3, 0.4) is 0 Å². The standard InChI is InChI=1S/C14H25NO4S/c1-10(11(9-16)20-2)15-12(17)7-14(8-13(18)19)5-3-4-6-14/h10-11,16H,3-9H2,1-2H3,(H,15,17)(H,18,19). The van der Waals surface area contributed by atoms with Gasteiger partial charge in [-0.05, 0) is 31.4 Å². The van der Waals surface area contributed by atoms with Gasteiger partial charge in [-0.15, -0.1) is 0 Å². The second-order valence-electron chi connectivity index (χ2n) is 5.77. The zero-order valence-corrected chi connectivity index (χ0v) is 13.0. The van der Waals surface area contributed by atoms with E-state index >= 15 is 0 Å². The molecule has 0 aliphatic heterocycles. The molecule has 1 amide bonds. The Kier molecular flexibility index (Phi) is 6.82. The summed E-state index contributed by atoms with van der Waals surface area (Å²) in [6.07, 6.45) is 5.86. The number of thioether (sulfide) groups is 1. The predicted molar refractivity (Wildman–Crippen MR) is 79.8 cm³/mol. The van der Waals surface area contributed by atoms with Gasteiger partial charge in [0, 0.05) is 17.7 Å². The van der Waals surface area contributed by atoms with Gasteiger partial charge in [0.15, 0.2) is 0 Å². The van der Waals surface area contributed by atoms with Crippen molar-refractivity contribution in [2.75, 3.05) is 12.9 Å². The number of nitrogens with one attached hydrogen (secondary N) is 1. The molecule has 0 heterocycles. The van der Waals surface area contributed by atoms with Crippen molar-refractivity contribution in [3.05, 3.63) is 0 Å². The summed E-state index contributed by atoms with van der Waals surface area (Å²) in [6.45, 7) is 1.89. The van der Waals surface area contributed by atoms with Gasteiger partial charge in [-0.3, -0.25) is 9.59 Å². The second kappa shape index (κ2) is 7.88. The lowest BCUT2D eigenvalue weighted by Crippen LogP contribution is -2.43. The number of rotatable bonds is 8. The maximum absolute atomic E-state index is 12.1. The van der Waals surface area contributed by atoms with E-state index in [0.29, 0.717) is 0 Å². The van der Waals surface area contributed by atoms with Gasteiger partial charge in [0.1, 0.15) is 0 Å². The van der Waals surface area contributed by atoms with E-state index in [4.69, 9.17) is 5.11 Å². The van der Waals surface area contributed by atoms with Crippen molar-refractivity contribution in [2.45, 2.75) is 56.7 Å². The summed E-state index contributed by atoms with van der Waals surface area (Å²) < 4.78 is 0. The minimum absolute atomic E-state index is 0.0167. The molecule has 1 saturated carbocycles. The molecule has 1 aliphatic carbocycles. The van der Waals surface area contributed by atoms with Crippen LogP contribution in [0.5, 0.6) is 0 Å². The van der Waals surface area contributed by atoms with Gasteiger partial charge < -0.3 is 15.5 Å². The minimum Gasteiger partial charge on any atom is -0.481 e. The summed E-state index contributed by atoms with van der Waals surface area (Å²) in [5.74, 6) is -0.932. The number of carboxylic acid groups (broad SMARTS) is 1. The Morgan fingerprint density at radius 2 is 1.90 bits per heavy atom. The average Bonchev–Trinajstić information content (AvgIpc) is 2.77. The molecule has 1 aliphatic rings. The van der Waals surface area contributed by atoms with Crippen molar-refractivity contribution in [3.8, 4) is 0 Å². The number of amides is 1. The van der Waals surface area contributed by atoms with Crippen LogP contribution in [0.25, 0.3) is 0 Å². The topological polar surface area (TPSA) is 86.6 Å². The zero-order valence-electron chi connectivity index (χ0n) is 12.2. The highest BCUT2D eigenvalue weighted by atomic mass is 32.2. The molecule has 0 bridgehead atoms. The first-order valence-corrected chi connectivity index (χ1v) is 8.36. The van der Waals surface area contributed by atoms with E-state index in [1.807, 2.05) is 13.2 Å². The lowest BCUT2D eigenvalue weighted by Gasteiger charge is -2.28. The summed E-state index contributed by atoms with van der Waals surface area (Å²) in [6, 6.07) is -0.120. The smallest absolute Gasteiger partial charge is 0.303 e. The van der Waals surface area contributed by atoms with Crippen LogP contribution in [0.2, 0.25) is 0 Å². The number of hydrogen-bond acceptors (Lipinski definition) is 4. The van der Waals surface area contributed by atoms with Gasteiger partial charge in [-0.1, -0.05) is 12.8 Å². The fourth-order valence-corrected chi connectivity index (χ4v) is 3.66. The molecule has 0 radical (unpaired) electrons. The number of carboxylic acids is 1. The largest absolute Gasteiger partial charge is 0.481 e. The van der Waals surface area contributed by atoms with Gasteiger partial charge in [0.2, 0.25) is 5.91 Å². The van der Waals surface area contributed by atoms with E-state index in [1.54, 1.807) is 0 Å². The summed E-state index contributed by atoms with van der Waals surface area (Å²) in [7, 11) is 0. The van der Waals surface area contributed by atoms with Crippen LogP contribution in [0.1, 0.15) is 45.4 Å². The first-order valence-electron chi connectivity index (χ1n) is 7.07. The zero-order chi connectivity index (χ0) is 15.2. The Bertz CT molecular complexity index is 338. The number of aliphatic hydroxyl groups is 1. The molecule has 20 heavy (non-hydrogen) atoms. The van der Waals surface area contributed by atoms with E-state index in [-0.39, 0.29) is 42.1 Å². The Morgan fingerprint density at radius 1 is 1.30 bits per heavy atom. The molecule has 0 saturated heterocycles. The van der Waals surface area contributed by atoms with E-state index in [1.165, 1.54) is 11.8 Å². The van der Waals surface area contributed by atoms with Gasteiger partial charge in [0.05, 0.1) is 13.0 Å². The molecule has 6 heteroatoms. The SMILES string of the molecule is CSC(CO)C(C)NC(=O)CC1(CC(=O)O)CCCC1. The normalized spacial score (nSPS) is 20.4. The second-order valence-corrected chi connectivity index (χ2v) is 6.84. The third kappa shape index (κ3) is 4.98. The maximum atomic E-state index is 12.1. The van der Waals surface area contributed by atoms with Crippen LogP contribution < -0.4 is 5.32 Å². The van der Waals surface area contributed by atoms with E-state index < -0.39 is 5.97 Å². The number of carbonyl (C=O) groups is 2. The lowest BCUT2D eigenvalue weighted by atomic mass is 9.79. The molecular weight excluding hydrogens is 278 g/mol. The first kappa shape index (κ1) is 17.3. The highest BCUT2D eigenvalue weighted by molar-refractivity contribution is 7.99. The van der Waals surface area contributed by atoms with Crippen LogP contribution >= 0.6 is 11.8 Å². The Labute approximate surface area is 124 Å². The van der Waals surface area contributed by atoms with Crippen molar-refractivity contribution in [1.29, 1.82) is 0 Å². The molecule has 2 unspecified atom stereocenters. The molecule has 0 aromatic rings. The monoisotopic (exact) mass is 303 g/mol. The maximum Gasteiger partial charge on any atom is 0.303 e. The molecule has 3 N–H and O–H groups in total. The van der Waals surface area contributed by atoms with Crippen LogP contribution in [-0.4, -0.2) is 46.2 Å². The molecule has 1 fully saturated rings. The van der Waals surface area contributed by atoms with Crippen molar-refractivity contribution >= 4 is 23.6 Å². The van der Waals surface area contributed by atoms with E-state index in [9.17, 15) is 14.7 Å². The predicted octanol–water partition coefficient (Wildman–Crippen LogP) is 1.64. The summed E-state index contributed by atoms with van der Waals surface area (Å²) >= 11 is 1.51. The van der Waals surface area contributed by atoms with Crippen LogP contribution in [0.4, 0.5) is 0 Å². The van der Waals surface area contributed by atoms with Crippen molar-refractivity contribution < 1.29 is 19.8 Å². The van der Waals surface area contributed by atoms with Gasteiger partial charge in [0.25, 0.3) is 0 Å². The van der Waals surface area contributed by atoms with Crippen LogP contribution in [0.15, 0.2) is 0 Å². The van der Waals surface area contributed by atoms with Gasteiger partial charge in [-0.2, -0.15) is 11.8 Å². The third-order valence-corrected chi connectivity index (χ3v) is 5.32. The molecule has 0 spiro atoms. The number of aliphatic carboxylic acids is 1. The molecule has 116 valence electrons. The van der Waals surface area contributed by atoms with Gasteiger partial charge >= 0.3 is 5.97 Å². The van der Waals surface area contributed by atoms with Crippen molar-refractivity contribution in [3.63, 3.8) is 0 Å². The number of hydrogen-bond donors (Lipinski definition) is 3. The molecule has 2 atom stereocenters. The Balaban J connectivity index is 2.56. The Hall–Kier alpha value is -0.750.